The summed E-state index contributed by atoms with van der Waals surface area (Å²) in [5, 5.41) is 11.0. The first-order valence-corrected chi connectivity index (χ1v) is 9.10. The number of aromatic nitrogens is 3. The van der Waals surface area contributed by atoms with Gasteiger partial charge in [-0.2, -0.15) is 0 Å². The van der Waals surface area contributed by atoms with Crippen LogP contribution < -0.4 is 0 Å². The molecule has 2 aromatic heterocycles. The molecule has 1 saturated heterocycles. The minimum Gasteiger partial charge on any atom is -0.465 e. The number of hydrogen-bond donors (Lipinski definition) is 1. The van der Waals surface area contributed by atoms with Crippen LogP contribution in [0, 0.1) is 0 Å². The fraction of sp³-hybridized carbons (Fsp3) is 0.278. The second-order valence-corrected chi connectivity index (χ2v) is 7.14. The third kappa shape index (κ3) is 3.22. The van der Waals surface area contributed by atoms with Gasteiger partial charge in [0.15, 0.2) is 5.65 Å². The number of rotatable bonds is 2. The number of fused-ring (bicyclic) bond motifs is 1. The Morgan fingerprint density at radius 1 is 1.26 bits per heavy atom. The number of halogens is 2. The zero-order chi connectivity index (χ0) is 19.1. The van der Waals surface area contributed by atoms with Crippen LogP contribution in [0.3, 0.4) is 0 Å². The molecule has 0 spiro atoms. The van der Waals surface area contributed by atoms with Gasteiger partial charge in [-0.05, 0) is 30.7 Å². The van der Waals surface area contributed by atoms with Crippen LogP contribution in [0.25, 0.3) is 16.7 Å². The Hall–Kier alpha value is -2.35. The Morgan fingerprint density at radius 2 is 2.00 bits per heavy atom. The Bertz CT molecular complexity index is 1010. The topological polar surface area (TPSA) is 80.5 Å². The number of amides is 1. The monoisotopic (exact) mass is 406 g/mol. The van der Waals surface area contributed by atoms with E-state index in [4.69, 9.17) is 27.9 Å². The summed E-state index contributed by atoms with van der Waals surface area (Å²) in [6.45, 7) is 2.52. The molecule has 0 unspecified atom stereocenters. The average Bonchev–Trinajstić information content (AvgIpc) is 2.99. The van der Waals surface area contributed by atoms with Crippen molar-refractivity contribution in [3.63, 3.8) is 0 Å². The first kappa shape index (κ1) is 18.0. The summed E-state index contributed by atoms with van der Waals surface area (Å²) in [5.41, 5.74) is 2.25. The molecule has 1 amide bonds. The van der Waals surface area contributed by atoms with Gasteiger partial charge in [0.2, 0.25) is 0 Å². The molecule has 0 aliphatic carbocycles. The van der Waals surface area contributed by atoms with Crippen LogP contribution in [0.1, 0.15) is 18.5 Å². The fourth-order valence-corrected chi connectivity index (χ4v) is 3.80. The minimum atomic E-state index is -0.954. The van der Waals surface area contributed by atoms with Gasteiger partial charge in [-0.25, -0.2) is 14.8 Å². The third-order valence-electron chi connectivity index (χ3n) is 4.65. The quantitative estimate of drug-likeness (QED) is 0.645. The van der Waals surface area contributed by atoms with E-state index < -0.39 is 6.09 Å². The number of nitrogens with zero attached hydrogens (tertiary/aromatic N) is 4. The predicted molar refractivity (Wildman–Crippen MR) is 102 cm³/mol. The first-order chi connectivity index (χ1) is 13.0. The highest BCUT2D eigenvalue weighted by atomic mass is 35.5. The molecular weight excluding hydrogens is 391 g/mol. The molecule has 7 nitrogen and oxygen atoms in total. The Balaban J connectivity index is 1.70. The van der Waals surface area contributed by atoms with Crippen molar-refractivity contribution in [3.05, 3.63) is 52.5 Å². The fourth-order valence-electron chi connectivity index (χ4n) is 3.33. The molecule has 2 atom stereocenters. The predicted octanol–water partition coefficient (Wildman–Crippen LogP) is 4.17. The molecule has 140 valence electrons. The minimum absolute atomic E-state index is 0.119. The molecular formula is C18H16Cl2N4O3. The van der Waals surface area contributed by atoms with Crippen molar-refractivity contribution >= 4 is 40.3 Å². The highest BCUT2D eigenvalue weighted by molar-refractivity contribution is 6.36. The lowest BCUT2D eigenvalue weighted by Gasteiger charge is -2.37. The summed E-state index contributed by atoms with van der Waals surface area (Å²) in [6.07, 6.45) is 0.313. The van der Waals surface area contributed by atoms with Crippen LogP contribution >= 0.6 is 23.2 Å². The molecule has 0 bridgehead atoms. The van der Waals surface area contributed by atoms with Crippen molar-refractivity contribution in [2.45, 2.75) is 19.1 Å². The van der Waals surface area contributed by atoms with E-state index in [9.17, 15) is 9.90 Å². The van der Waals surface area contributed by atoms with E-state index >= 15 is 0 Å². The van der Waals surface area contributed by atoms with Crippen LogP contribution in [-0.4, -0.2) is 49.9 Å². The molecule has 4 rings (SSSR count). The average molecular weight is 407 g/mol. The van der Waals surface area contributed by atoms with Gasteiger partial charge in [0.05, 0.1) is 30.7 Å². The van der Waals surface area contributed by atoms with Crippen molar-refractivity contribution in [1.29, 1.82) is 0 Å². The molecule has 1 N–H and O–H groups in total. The zero-order valence-corrected chi connectivity index (χ0v) is 15.9. The summed E-state index contributed by atoms with van der Waals surface area (Å²) in [7, 11) is 0. The number of ether oxygens (including phenoxy) is 1. The van der Waals surface area contributed by atoms with Gasteiger partial charge in [0.25, 0.3) is 0 Å². The smallest absolute Gasteiger partial charge is 0.407 e. The molecule has 3 aromatic rings. The molecule has 0 saturated carbocycles. The van der Waals surface area contributed by atoms with Crippen LogP contribution in [0.5, 0.6) is 0 Å². The van der Waals surface area contributed by atoms with Crippen LogP contribution in [0.2, 0.25) is 10.3 Å². The highest BCUT2D eigenvalue weighted by Crippen LogP contribution is 2.31. The van der Waals surface area contributed by atoms with Crippen LogP contribution in [0.4, 0.5) is 4.79 Å². The van der Waals surface area contributed by atoms with E-state index in [2.05, 4.69) is 9.97 Å². The Labute approximate surface area is 165 Å². The van der Waals surface area contributed by atoms with Gasteiger partial charge in [0.1, 0.15) is 16.6 Å². The summed E-state index contributed by atoms with van der Waals surface area (Å²) in [4.78, 5) is 21.2. The van der Waals surface area contributed by atoms with E-state index in [0.717, 1.165) is 11.3 Å². The van der Waals surface area contributed by atoms with Gasteiger partial charge in [-0.1, -0.05) is 35.3 Å². The SMILES string of the molecule is C[C@@H]1CN(C(=O)O)[C@H](c2ccc(-n3c(Cl)cc4c(Cl)ncnc43)cc2)CO1. The highest BCUT2D eigenvalue weighted by Gasteiger charge is 2.31. The summed E-state index contributed by atoms with van der Waals surface area (Å²) < 4.78 is 7.42. The van der Waals surface area contributed by atoms with Gasteiger partial charge >= 0.3 is 6.09 Å². The Morgan fingerprint density at radius 3 is 2.70 bits per heavy atom. The van der Waals surface area contributed by atoms with E-state index in [1.165, 1.54) is 11.2 Å². The zero-order valence-electron chi connectivity index (χ0n) is 14.3. The van der Waals surface area contributed by atoms with E-state index in [1.807, 2.05) is 31.2 Å². The lowest BCUT2D eigenvalue weighted by Crippen LogP contribution is -2.46. The van der Waals surface area contributed by atoms with Gasteiger partial charge in [-0.15, -0.1) is 0 Å². The molecule has 27 heavy (non-hydrogen) atoms. The first-order valence-electron chi connectivity index (χ1n) is 8.34. The third-order valence-corrected chi connectivity index (χ3v) is 5.23. The maximum atomic E-state index is 11.6. The van der Waals surface area contributed by atoms with E-state index in [-0.39, 0.29) is 12.1 Å². The van der Waals surface area contributed by atoms with Crippen molar-refractivity contribution in [2.24, 2.45) is 0 Å². The van der Waals surface area contributed by atoms with E-state index in [1.54, 1.807) is 10.6 Å². The van der Waals surface area contributed by atoms with E-state index in [0.29, 0.717) is 34.5 Å². The molecule has 1 aliphatic rings. The van der Waals surface area contributed by atoms with Crippen molar-refractivity contribution in [3.8, 4) is 5.69 Å². The van der Waals surface area contributed by atoms with Gasteiger partial charge in [0, 0.05) is 5.69 Å². The summed E-state index contributed by atoms with van der Waals surface area (Å²) >= 11 is 12.5. The lowest BCUT2D eigenvalue weighted by molar-refractivity contribution is -0.0465. The molecule has 0 radical (unpaired) electrons. The Kier molecular flexibility index (Phi) is 4.67. The lowest BCUT2D eigenvalue weighted by atomic mass is 10.0. The second-order valence-electron chi connectivity index (χ2n) is 6.39. The number of benzene rings is 1. The van der Waals surface area contributed by atoms with Crippen LogP contribution in [-0.2, 0) is 4.74 Å². The normalized spacial score (nSPS) is 20.2. The summed E-state index contributed by atoms with van der Waals surface area (Å²) in [6, 6.07) is 8.86. The number of morpholine rings is 1. The van der Waals surface area contributed by atoms with Crippen molar-refractivity contribution < 1.29 is 14.6 Å². The molecule has 1 aromatic carbocycles. The maximum Gasteiger partial charge on any atom is 0.407 e. The molecule has 3 heterocycles. The number of carboxylic acid groups (broad SMARTS) is 1. The largest absolute Gasteiger partial charge is 0.465 e. The van der Waals surface area contributed by atoms with Crippen molar-refractivity contribution in [1.82, 2.24) is 19.4 Å². The molecule has 1 aliphatic heterocycles. The molecule has 1 fully saturated rings. The second kappa shape index (κ2) is 6.99. The van der Waals surface area contributed by atoms with Crippen molar-refractivity contribution in [2.75, 3.05) is 13.2 Å². The standard InChI is InChI=1S/C18H16Cl2N4O3/c1-10-7-23(18(25)26)14(8-27-10)11-2-4-12(5-3-11)24-15(19)6-13-16(20)21-9-22-17(13)24/h2-6,9-10,14H,7-8H2,1H3,(H,25,26)/t10-,14+/m1/s1. The number of carbonyl (C=O) groups is 1. The molecule has 9 heteroatoms. The van der Waals surface area contributed by atoms with Gasteiger partial charge < -0.3 is 9.84 Å². The summed E-state index contributed by atoms with van der Waals surface area (Å²) in [5.74, 6) is 0. The van der Waals surface area contributed by atoms with Crippen LogP contribution in [0.15, 0.2) is 36.7 Å². The van der Waals surface area contributed by atoms with Gasteiger partial charge in [-0.3, -0.25) is 9.47 Å². The number of hydrogen-bond acceptors (Lipinski definition) is 4. The maximum absolute atomic E-state index is 11.6.